The van der Waals surface area contributed by atoms with E-state index in [0.29, 0.717) is 0 Å². The molecule has 0 saturated heterocycles. The van der Waals surface area contributed by atoms with Crippen molar-refractivity contribution in [3.05, 3.63) is 106 Å². The van der Waals surface area contributed by atoms with E-state index in [1.165, 1.54) is 22.3 Å². The van der Waals surface area contributed by atoms with Crippen LogP contribution in [0.1, 0.15) is 21.5 Å². The van der Waals surface area contributed by atoms with Crippen molar-refractivity contribution >= 4 is 17.0 Å². The van der Waals surface area contributed by atoms with E-state index in [-0.39, 0.29) is 5.78 Å². The van der Waals surface area contributed by atoms with Crippen molar-refractivity contribution in [2.45, 2.75) is 6.42 Å². The molecular formula is C22H15NO. The number of fused-ring (bicyclic) bond motifs is 2. The number of rotatable bonds is 0. The Morgan fingerprint density at radius 3 is 2.33 bits per heavy atom. The van der Waals surface area contributed by atoms with Crippen LogP contribution in [0.5, 0.6) is 0 Å². The predicted molar refractivity (Wildman–Crippen MR) is 96.8 cm³/mol. The zero-order chi connectivity index (χ0) is 16.1. The van der Waals surface area contributed by atoms with Gasteiger partial charge in [0, 0.05) is 17.7 Å². The van der Waals surface area contributed by atoms with Crippen LogP contribution in [-0.4, -0.2) is 5.78 Å². The number of allylic oxidation sites excluding steroid dienone is 8. The summed E-state index contributed by atoms with van der Waals surface area (Å²) in [5.74, 6) is 0.0949. The van der Waals surface area contributed by atoms with Gasteiger partial charge < -0.3 is 5.32 Å². The first kappa shape index (κ1) is 13.3. The van der Waals surface area contributed by atoms with Gasteiger partial charge in [0.2, 0.25) is 5.78 Å². The van der Waals surface area contributed by atoms with Gasteiger partial charge in [0.25, 0.3) is 0 Å². The monoisotopic (exact) mass is 309 g/mol. The van der Waals surface area contributed by atoms with E-state index in [2.05, 4.69) is 41.7 Å². The van der Waals surface area contributed by atoms with Crippen molar-refractivity contribution in [1.82, 2.24) is 0 Å². The van der Waals surface area contributed by atoms with Crippen LogP contribution in [0.3, 0.4) is 0 Å². The smallest absolute Gasteiger partial charge is 0.211 e. The SMILES string of the molecule is O=C1/C(=C2\Cc3ccccc3C2=C2C=CC=C2)Nc2ccccc21. The second-order valence-electron chi connectivity index (χ2n) is 6.24. The Bertz CT molecular complexity index is 1000. The van der Waals surface area contributed by atoms with Crippen molar-refractivity contribution in [2.75, 3.05) is 5.32 Å². The Kier molecular flexibility index (Phi) is 2.74. The van der Waals surface area contributed by atoms with Gasteiger partial charge in [-0.05, 0) is 40.0 Å². The molecule has 2 heteroatoms. The molecule has 0 aromatic heterocycles. The van der Waals surface area contributed by atoms with E-state index in [4.69, 9.17) is 0 Å². The summed E-state index contributed by atoms with van der Waals surface area (Å²) in [4.78, 5) is 12.9. The van der Waals surface area contributed by atoms with Crippen LogP contribution in [0, 0.1) is 0 Å². The number of hydrogen-bond acceptors (Lipinski definition) is 2. The molecule has 0 spiro atoms. The number of para-hydroxylation sites is 1. The molecule has 0 atom stereocenters. The molecule has 1 N–H and O–H groups in total. The lowest BCUT2D eigenvalue weighted by Gasteiger charge is -2.09. The molecule has 24 heavy (non-hydrogen) atoms. The summed E-state index contributed by atoms with van der Waals surface area (Å²) in [7, 11) is 0. The van der Waals surface area contributed by atoms with Gasteiger partial charge in [-0.2, -0.15) is 0 Å². The highest BCUT2D eigenvalue weighted by molar-refractivity contribution is 6.20. The van der Waals surface area contributed by atoms with Gasteiger partial charge in [-0.1, -0.05) is 60.7 Å². The Labute approximate surface area is 140 Å². The fourth-order valence-electron chi connectivity index (χ4n) is 3.77. The molecule has 3 aliphatic rings. The Morgan fingerprint density at radius 2 is 1.54 bits per heavy atom. The number of carbonyl (C=O) groups excluding carboxylic acids is 1. The van der Waals surface area contributed by atoms with E-state index in [1.54, 1.807) is 0 Å². The number of Topliss-reactive ketones (excluding diaryl/α,β-unsaturated/α-hetero) is 1. The molecule has 114 valence electrons. The van der Waals surface area contributed by atoms with Crippen molar-refractivity contribution in [3.8, 4) is 0 Å². The second-order valence-corrected chi connectivity index (χ2v) is 6.24. The molecule has 0 amide bonds. The molecule has 5 rings (SSSR count). The number of ketones is 1. The summed E-state index contributed by atoms with van der Waals surface area (Å²) >= 11 is 0. The number of carbonyl (C=O) groups is 1. The summed E-state index contributed by atoms with van der Waals surface area (Å²) < 4.78 is 0. The molecular weight excluding hydrogens is 294 g/mol. The molecule has 1 heterocycles. The predicted octanol–water partition coefficient (Wildman–Crippen LogP) is 4.68. The molecule has 0 bridgehead atoms. The molecule has 0 saturated carbocycles. The number of benzene rings is 2. The third-order valence-corrected chi connectivity index (χ3v) is 4.87. The third-order valence-electron chi connectivity index (χ3n) is 4.87. The molecule has 0 radical (unpaired) electrons. The van der Waals surface area contributed by atoms with E-state index in [9.17, 15) is 4.79 Å². The molecule has 0 unspecified atom stereocenters. The number of hydrogen-bond donors (Lipinski definition) is 1. The van der Waals surface area contributed by atoms with Crippen LogP contribution >= 0.6 is 0 Å². The number of nitrogens with one attached hydrogen (secondary N) is 1. The van der Waals surface area contributed by atoms with Gasteiger partial charge in [-0.15, -0.1) is 0 Å². The lowest BCUT2D eigenvalue weighted by molar-refractivity contribution is 0.104. The minimum atomic E-state index is 0.0949. The lowest BCUT2D eigenvalue weighted by atomic mass is 9.96. The Hall–Kier alpha value is -3.13. The van der Waals surface area contributed by atoms with Crippen LogP contribution in [0.25, 0.3) is 5.57 Å². The Morgan fingerprint density at radius 1 is 0.833 bits per heavy atom. The zero-order valence-electron chi connectivity index (χ0n) is 13.0. The second kappa shape index (κ2) is 4.93. The van der Waals surface area contributed by atoms with Gasteiger partial charge >= 0.3 is 0 Å². The average Bonchev–Trinajstić information content (AvgIpc) is 3.32. The summed E-state index contributed by atoms with van der Waals surface area (Å²) in [5.41, 5.74) is 8.36. The summed E-state index contributed by atoms with van der Waals surface area (Å²) in [6.07, 6.45) is 9.11. The first-order chi connectivity index (χ1) is 11.8. The minimum Gasteiger partial charge on any atom is -0.351 e. The van der Waals surface area contributed by atoms with E-state index < -0.39 is 0 Å². The Balaban J connectivity index is 1.76. The van der Waals surface area contributed by atoms with Crippen LogP contribution in [0.2, 0.25) is 0 Å². The van der Waals surface area contributed by atoms with Gasteiger partial charge in [0.1, 0.15) is 0 Å². The maximum absolute atomic E-state index is 12.9. The number of anilines is 1. The maximum atomic E-state index is 12.9. The molecule has 1 aliphatic heterocycles. The van der Waals surface area contributed by atoms with Gasteiger partial charge in [0.15, 0.2) is 0 Å². The summed E-state index contributed by atoms with van der Waals surface area (Å²) in [6, 6.07) is 16.2. The lowest BCUT2D eigenvalue weighted by Crippen LogP contribution is -2.06. The molecule has 2 nitrogen and oxygen atoms in total. The van der Waals surface area contributed by atoms with Crippen LogP contribution in [0.4, 0.5) is 5.69 Å². The van der Waals surface area contributed by atoms with Crippen LogP contribution in [-0.2, 0) is 6.42 Å². The first-order valence-corrected chi connectivity index (χ1v) is 8.14. The van der Waals surface area contributed by atoms with Crippen molar-refractivity contribution in [2.24, 2.45) is 0 Å². The third kappa shape index (κ3) is 1.80. The van der Waals surface area contributed by atoms with E-state index in [1.807, 2.05) is 36.4 Å². The van der Waals surface area contributed by atoms with Crippen molar-refractivity contribution in [1.29, 1.82) is 0 Å². The summed E-state index contributed by atoms with van der Waals surface area (Å²) in [5, 5.41) is 3.36. The van der Waals surface area contributed by atoms with Crippen LogP contribution in [0.15, 0.2) is 89.7 Å². The molecule has 2 aromatic carbocycles. The topological polar surface area (TPSA) is 29.1 Å². The van der Waals surface area contributed by atoms with E-state index in [0.717, 1.165) is 28.9 Å². The van der Waals surface area contributed by atoms with Crippen molar-refractivity contribution < 1.29 is 4.79 Å². The standard InChI is InChI=1S/C22H15NO/c24-22-17-11-5-6-12-19(17)23-21(22)18-13-15-9-3-4-10-16(15)20(18)14-7-1-2-8-14/h1-12,23H,13H2/b21-18-. The first-order valence-electron chi connectivity index (χ1n) is 8.14. The highest BCUT2D eigenvalue weighted by Crippen LogP contribution is 2.44. The molecule has 2 aliphatic carbocycles. The van der Waals surface area contributed by atoms with Crippen molar-refractivity contribution in [3.63, 3.8) is 0 Å². The highest BCUT2D eigenvalue weighted by Gasteiger charge is 2.33. The zero-order valence-corrected chi connectivity index (χ0v) is 13.0. The quantitative estimate of drug-likeness (QED) is 0.716. The molecule has 2 aromatic rings. The van der Waals surface area contributed by atoms with Crippen LogP contribution < -0.4 is 5.32 Å². The van der Waals surface area contributed by atoms with E-state index >= 15 is 0 Å². The van der Waals surface area contributed by atoms with Gasteiger partial charge in [0.05, 0.1) is 5.70 Å². The fourth-order valence-corrected chi connectivity index (χ4v) is 3.77. The highest BCUT2D eigenvalue weighted by atomic mass is 16.1. The fraction of sp³-hybridized carbons (Fsp3) is 0.0455. The molecule has 0 fully saturated rings. The summed E-state index contributed by atoms with van der Waals surface area (Å²) in [6.45, 7) is 0. The maximum Gasteiger partial charge on any atom is 0.211 e. The van der Waals surface area contributed by atoms with Gasteiger partial charge in [-0.3, -0.25) is 4.79 Å². The average molecular weight is 309 g/mol. The largest absolute Gasteiger partial charge is 0.351 e. The normalized spacial score (nSPS) is 20.6. The minimum absolute atomic E-state index is 0.0949. The van der Waals surface area contributed by atoms with Gasteiger partial charge in [-0.25, -0.2) is 0 Å².